The maximum Gasteiger partial charge on any atom is 0.408 e. The van der Waals surface area contributed by atoms with Crippen molar-refractivity contribution in [1.29, 1.82) is 0 Å². The van der Waals surface area contributed by atoms with Crippen LogP contribution in [0.4, 0.5) is 22.0 Å². The molecule has 1 aromatic heterocycles. The van der Waals surface area contributed by atoms with Gasteiger partial charge in [0.25, 0.3) is 0 Å². The summed E-state index contributed by atoms with van der Waals surface area (Å²) in [5, 5.41) is 12.0. The molecule has 0 aliphatic heterocycles. The maximum absolute atomic E-state index is 13.5. The van der Waals surface area contributed by atoms with Gasteiger partial charge < -0.3 is 5.11 Å². The van der Waals surface area contributed by atoms with Crippen LogP contribution in [0.15, 0.2) is 24.5 Å². The van der Waals surface area contributed by atoms with Gasteiger partial charge in [0.2, 0.25) is 0 Å². The Morgan fingerprint density at radius 3 is 2.24 bits per heavy atom. The summed E-state index contributed by atoms with van der Waals surface area (Å²) in [4.78, 5) is 10.6. The van der Waals surface area contributed by atoms with Crippen LogP contribution in [0.25, 0.3) is 11.1 Å². The van der Waals surface area contributed by atoms with E-state index in [0.29, 0.717) is 4.68 Å². The molecule has 2 aromatic rings. The minimum atomic E-state index is -4.48. The van der Waals surface area contributed by atoms with Crippen molar-refractivity contribution in [1.82, 2.24) is 9.78 Å². The smallest absolute Gasteiger partial charge is 0.408 e. The first-order valence-corrected chi connectivity index (χ1v) is 5.49. The average molecular weight is 306 g/mol. The van der Waals surface area contributed by atoms with E-state index in [9.17, 15) is 26.7 Å². The molecular weight excluding hydrogens is 299 g/mol. The number of halogens is 5. The fourth-order valence-electron chi connectivity index (χ4n) is 1.73. The van der Waals surface area contributed by atoms with E-state index in [1.54, 1.807) is 0 Å². The van der Waals surface area contributed by atoms with Crippen LogP contribution in [-0.2, 0) is 6.54 Å². The van der Waals surface area contributed by atoms with Crippen molar-refractivity contribution in [3.8, 4) is 11.1 Å². The summed E-state index contributed by atoms with van der Waals surface area (Å²) < 4.78 is 64.1. The van der Waals surface area contributed by atoms with Crippen molar-refractivity contribution in [3.05, 3.63) is 41.7 Å². The van der Waals surface area contributed by atoms with Gasteiger partial charge in [-0.3, -0.25) is 4.68 Å². The van der Waals surface area contributed by atoms with E-state index in [0.717, 1.165) is 24.5 Å². The Morgan fingerprint density at radius 1 is 1.19 bits per heavy atom. The summed E-state index contributed by atoms with van der Waals surface area (Å²) in [7, 11) is 0. The summed E-state index contributed by atoms with van der Waals surface area (Å²) in [6, 6.07) is 1.45. The number of nitrogens with zero attached hydrogens (tertiary/aromatic N) is 2. The Hall–Kier alpha value is -2.45. The monoisotopic (exact) mass is 306 g/mol. The van der Waals surface area contributed by atoms with Gasteiger partial charge in [0, 0.05) is 11.8 Å². The molecule has 21 heavy (non-hydrogen) atoms. The molecule has 0 saturated heterocycles. The van der Waals surface area contributed by atoms with Crippen LogP contribution >= 0.6 is 0 Å². The molecule has 0 radical (unpaired) electrons. The van der Waals surface area contributed by atoms with Crippen molar-refractivity contribution in [2.24, 2.45) is 0 Å². The zero-order chi connectivity index (χ0) is 15.8. The Kier molecular flexibility index (Phi) is 3.67. The first-order chi connectivity index (χ1) is 9.67. The predicted octanol–water partition coefficient (Wildman–Crippen LogP) is 3.09. The summed E-state index contributed by atoms with van der Waals surface area (Å²) in [5.41, 5.74) is -1.20. The normalized spacial score (nSPS) is 11.7. The highest BCUT2D eigenvalue weighted by Gasteiger charge is 2.28. The van der Waals surface area contributed by atoms with E-state index in [4.69, 9.17) is 5.11 Å². The number of carboxylic acid groups (broad SMARTS) is 1. The van der Waals surface area contributed by atoms with Crippen LogP contribution < -0.4 is 0 Å². The Balaban J connectivity index is 2.37. The van der Waals surface area contributed by atoms with Gasteiger partial charge >= 0.3 is 12.1 Å². The van der Waals surface area contributed by atoms with Gasteiger partial charge in [-0.25, -0.2) is 13.6 Å². The maximum atomic E-state index is 13.5. The molecule has 4 nitrogen and oxygen atoms in total. The number of rotatable bonds is 3. The van der Waals surface area contributed by atoms with E-state index in [1.807, 2.05) is 0 Å². The van der Waals surface area contributed by atoms with E-state index >= 15 is 0 Å². The third-order valence-corrected chi connectivity index (χ3v) is 2.56. The lowest BCUT2D eigenvalue weighted by atomic mass is 10.1. The van der Waals surface area contributed by atoms with Crippen LogP contribution in [0.3, 0.4) is 0 Å². The van der Waals surface area contributed by atoms with E-state index in [2.05, 4.69) is 5.10 Å². The molecule has 1 aromatic carbocycles. The van der Waals surface area contributed by atoms with Crippen LogP contribution in [0.5, 0.6) is 0 Å². The number of hydrogen-bond acceptors (Lipinski definition) is 2. The molecule has 0 spiro atoms. The molecule has 0 amide bonds. The second-order valence-electron chi connectivity index (χ2n) is 4.16. The van der Waals surface area contributed by atoms with E-state index in [-0.39, 0.29) is 11.1 Å². The van der Waals surface area contributed by atoms with E-state index in [1.165, 1.54) is 0 Å². The Morgan fingerprint density at radius 2 is 1.76 bits per heavy atom. The summed E-state index contributed by atoms with van der Waals surface area (Å²) >= 11 is 0. The lowest BCUT2D eigenvalue weighted by Gasteiger charge is -2.05. The fraction of sp³-hybridized carbons (Fsp3) is 0.167. The van der Waals surface area contributed by atoms with E-state index < -0.39 is 35.9 Å². The first kappa shape index (κ1) is 14.9. The second-order valence-corrected chi connectivity index (χ2v) is 4.16. The standard InChI is InChI=1S/C12H7F5N2O2/c13-8-1-6(2-9(14)10(8)11(20)21)7-3-18-19(4-7)5-12(15,16)17/h1-4H,5H2,(H,20,21). The van der Waals surface area contributed by atoms with Crippen molar-refractivity contribution >= 4 is 5.97 Å². The molecular formula is C12H7F5N2O2. The van der Waals surface area contributed by atoms with Gasteiger partial charge in [0.05, 0.1) is 6.20 Å². The molecule has 0 aliphatic carbocycles. The van der Waals surface area contributed by atoms with Crippen molar-refractivity contribution in [2.45, 2.75) is 12.7 Å². The number of aromatic nitrogens is 2. The molecule has 1 heterocycles. The van der Waals surface area contributed by atoms with Gasteiger partial charge in [-0.15, -0.1) is 0 Å². The molecule has 0 bridgehead atoms. The number of carboxylic acids is 1. The topological polar surface area (TPSA) is 55.1 Å². The molecule has 0 aliphatic rings. The highest BCUT2D eigenvalue weighted by atomic mass is 19.4. The predicted molar refractivity (Wildman–Crippen MR) is 60.6 cm³/mol. The van der Waals surface area contributed by atoms with Crippen LogP contribution in [0.2, 0.25) is 0 Å². The van der Waals surface area contributed by atoms with Gasteiger partial charge in [-0.05, 0) is 17.7 Å². The summed E-state index contributed by atoms with van der Waals surface area (Å²) in [5.74, 6) is -4.41. The van der Waals surface area contributed by atoms with Crippen molar-refractivity contribution < 1.29 is 31.9 Å². The highest BCUT2D eigenvalue weighted by Crippen LogP contribution is 2.25. The third kappa shape index (κ3) is 3.36. The van der Waals surface area contributed by atoms with Gasteiger partial charge in [-0.2, -0.15) is 18.3 Å². The molecule has 0 unspecified atom stereocenters. The molecule has 0 fully saturated rings. The Labute approximate surface area is 114 Å². The lowest BCUT2D eigenvalue weighted by molar-refractivity contribution is -0.142. The van der Waals surface area contributed by atoms with Gasteiger partial charge in [0.1, 0.15) is 23.7 Å². The third-order valence-electron chi connectivity index (χ3n) is 2.56. The lowest BCUT2D eigenvalue weighted by Crippen LogP contribution is -2.17. The number of aromatic carboxylic acids is 1. The van der Waals surface area contributed by atoms with Crippen molar-refractivity contribution in [3.63, 3.8) is 0 Å². The zero-order valence-electron chi connectivity index (χ0n) is 10.2. The van der Waals surface area contributed by atoms with Crippen LogP contribution in [-0.4, -0.2) is 27.0 Å². The van der Waals surface area contributed by atoms with Gasteiger partial charge in [-0.1, -0.05) is 0 Å². The quantitative estimate of drug-likeness (QED) is 0.887. The second kappa shape index (κ2) is 5.15. The number of benzene rings is 1. The van der Waals surface area contributed by atoms with Crippen LogP contribution in [0, 0.1) is 11.6 Å². The number of carbonyl (C=O) groups is 1. The number of hydrogen-bond donors (Lipinski definition) is 1. The average Bonchev–Trinajstić information content (AvgIpc) is 2.73. The van der Waals surface area contributed by atoms with Gasteiger partial charge in [0.15, 0.2) is 0 Å². The number of alkyl halides is 3. The minimum absolute atomic E-state index is 0.0361. The first-order valence-electron chi connectivity index (χ1n) is 5.49. The van der Waals surface area contributed by atoms with Crippen LogP contribution in [0.1, 0.15) is 10.4 Å². The molecule has 2 rings (SSSR count). The summed E-state index contributed by atoms with van der Waals surface area (Å²) in [6.07, 6.45) is -2.52. The highest BCUT2D eigenvalue weighted by molar-refractivity contribution is 5.89. The molecule has 1 N–H and O–H groups in total. The van der Waals surface area contributed by atoms with Crippen molar-refractivity contribution in [2.75, 3.05) is 0 Å². The molecule has 9 heteroatoms. The summed E-state index contributed by atoms with van der Waals surface area (Å²) in [6.45, 7) is -1.34. The molecule has 112 valence electrons. The Bertz CT molecular complexity index is 670. The fourth-order valence-corrected chi connectivity index (χ4v) is 1.73. The molecule has 0 atom stereocenters. The zero-order valence-corrected chi connectivity index (χ0v) is 10.2. The SMILES string of the molecule is O=C(O)c1c(F)cc(-c2cnn(CC(F)(F)F)c2)cc1F. The largest absolute Gasteiger partial charge is 0.477 e. The minimum Gasteiger partial charge on any atom is -0.477 e. The molecule has 0 saturated carbocycles.